The lowest BCUT2D eigenvalue weighted by molar-refractivity contribution is -0.143. The van der Waals surface area contributed by atoms with Gasteiger partial charge in [-0.2, -0.15) is 26.3 Å². The van der Waals surface area contributed by atoms with Crippen molar-refractivity contribution >= 4 is 11.9 Å². The molecule has 1 amide bonds. The number of alkyl halides is 6. The van der Waals surface area contributed by atoms with E-state index in [-0.39, 0.29) is 35.5 Å². The molecule has 4 atom stereocenters. The smallest absolute Gasteiger partial charge is 0.416 e. The van der Waals surface area contributed by atoms with Crippen LogP contribution in [0.25, 0.3) is 0 Å². The van der Waals surface area contributed by atoms with Crippen LogP contribution in [-0.2, 0) is 28.5 Å². The third-order valence-corrected chi connectivity index (χ3v) is 7.46. The number of aliphatic carboxylic acids is 1. The van der Waals surface area contributed by atoms with Crippen LogP contribution in [0.2, 0.25) is 0 Å². The molecule has 0 spiro atoms. The van der Waals surface area contributed by atoms with Gasteiger partial charge in [-0.05, 0) is 68.2 Å². The molecular formula is C24H30F6N2O3. The van der Waals surface area contributed by atoms with Gasteiger partial charge in [-0.1, -0.05) is 13.8 Å². The van der Waals surface area contributed by atoms with Crippen LogP contribution in [0.3, 0.4) is 0 Å². The second-order valence-corrected chi connectivity index (χ2v) is 10.1. The van der Waals surface area contributed by atoms with E-state index in [2.05, 4.69) is 10.6 Å². The maximum absolute atomic E-state index is 13.2. The van der Waals surface area contributed by atoms with Crippen molar-refractivity contribution in [1.82, 2.24) is 10.6 Å². The normalized spacial score (nSPS) is 27.4. The lowest BCUT2D eigenvalue weighted by Gasteiger charge is -2.33. The number of carboxylic acids is 1. The Morgan fingerprint density at radius 2 is 1.60 bits per heavy atom. The minimum atomic E-state index is -4.95. The number of carboxylic acid groups (broad SMARTS) is 1. The Morgan fingerprint density at radius 1 is 1.00 bits per heavy atom. The minimum Gasteiger partial charge on any atom is -0.481 e. The number of carbonyl (C=O) groups is 2. The molecule has 196 valence electrons. The monoisotopic (exact) mass is 508 g/mol. The molecule has 2 aliphatic carbocycles. The molecule has 2 saturated carbocycles. The second kappa shape index (κ2) is 9.99. The third-order valence-electron chi connectivity index (χ3n) is 7.46. The van der Waals surface area contributed by atoms with Crippen LogP contribution in [-0.4, -0.2) is 29.1 Å². The molecule has 3 rings (SSSR count). The first kappa shape index (κ1) is 27.3. The standard InChI is InChI=1S/C24H30F6N2O3/c1-13(2)22(6-5-19(11-22)32-18-4-3-15(9-18)20(33)34)21(35)31-12-14-7-16(23(25,26)27)10-17(8-14)24(28,29)30/h7-8,10,13,15,18-19,32H,3-6,9,11-12H2,1-2H3,(H,31,35)(H,33,34)/t15?,18?,19?,22-/m0/s1. The van der Waals surface area contributed by atoms with Crippen LogP contribution in [0, 0.1) is 17.3 Å². The molecular weight excluding hydrogens is 478 g/mol. The van der Waals surface area contributed by atoms with Crippen molar-refractivity contribution in [3.8, 4) is 0 Å². The van der Waals surface area contributed by atoms with Crippen molar-refractivity contribution < 1.29 is 41.0 Å². The van der Waals surface area contributed by atoms with E-state index >= 15 is 0 Å². The van der Waals surface area contributed by atoms with Crippen molar-refractivity contribution in [3.63, 3.8) is 0 Å². The number of halogens is 6. The molecule has 1 aromatic carbocycles. The van der Waals surface area contributed by atoms with Crippen LogP contribution >= 0.6 is 0 Å². The minimum absolute atomic E-state index is 0.0221. The van der Waals surface area contributed by atoms with E-state index in [1.54, 1.807) is 0 Å². The summed E-state index contributed by atoms with van der Waals surface area (Å²) in [7, 11) is 0. The van der Waals surface area contributed by atoms with Crippen molar-refractivity contribution in [2.45, 2.75) is 83.4 Å². The van der Waals surface area contributed by atoms with Gasteiger partial charge < -0.3 is 15.7 Å². The Balaban J connectivity index is 1.69. The summed E-state index contributed by atoms with van der Waals surface area (Å²) >= 11 is 0. The van der Waals surface area contributed by atoms with Gasteiger partial charge in [0.2, 0.25) is 5.91 Å². The number of amides is 1. The molecule has 0 aliphatic heterocycles. The topological polar surface area (TPSA) is 78.4 Å². The van der Waals surface area contributed by atoms with Gasteiger partial charge in [0.15, 0.2) is 0 Å². The zero-order valence-corrected chi connectivity index (χ0v) is 19.5. The number of nitrogens with one attached hydrogen (secondary N) is 2. The summed E-state index contributed by atoms with van der Waals surface area (Å²) in [5.74, 6) is -1.73. The molecule has 11 heteroatoms. The summed E-state index contributed by atoms with van der Waals surface area (Å²) in [5, 5.41) is 15.2. The van der Waals surface area contributed by atoms with Crippen LogP contribution in [0.4, 0.5) is 26.3 Å². The van der Waals surface area contributed by atoms with Gasteiger partial charge in [-0.25, -0.2) is 0 Å². The molecule has 0 bridgehead atoms. The summed E-state index contributed by atoms with van der Waals surface area (Å²) in [6, 6.07) is 1.32. The molecule has 3 N–H and O–H groups in total. The predicted molar refractivity (Wildman–Crippen MR) is 115 cm³/mol. The van der Waals surface area contributed by atoms with E-state index in [0.717, 1.165) is 6.42 Å². The number of carbonyl (C=O) groups excluding carboxylic acids is 1. The van der Waals surface area contributed by atoms with Crippen LogP contribution in [0.15, 0.2) is 18.2 Å². The zero-order valence-electron chi connectivity index (χ0n) is 19.5. The first-order valence-corrected chi connectivity index (χ1v) is 11.7. The highest BCUT2D eigenvalue weighted by Crippen LogP contribution is 2.45. The number of hydrogen-bond acceptors (Lipinski definition) is 3. The van der Waals surface area contributed by atoms with E-state index < -0.39 is 47.3 Å². The predicted octanol–water partition coefficient (Wildman–Crippen LogP) is 5.38. The molecule has 2 aliphatic rings. The molecule has 0 saturated heterocycles. The fraction of sp³-hybridized carbons (Fsp3) is 0.667. The fourth-order valence-electron chi connectivity index (χ4n) is 5.38. The van der Waals surface area contributed by atoms with Crippen LogP contribution in [0.5, 0.6) is 0 Å². The Labute approximate surface area is 199 Å². The lowest BCUT2D eigenvalue weighted by Crippen LogP contribution is -2.44. The van der Waals surface area contributed by atoms with Gasteiger partial charge in [0.25, 0.3) is 0 Å². The van der Waals surface area contributed by atoms with Gasteiger partial charge in [0.1, 0.15) is 0 Å². The number of benzene rings is 1. The summed E-state index contributed by atoms with van der Waals surface area (Å²) in [6.07, 6.45) is -6.43. The molecule has 0 heterocycles. The molecule has 35 heavy (non-hydrogen) atoms. The van der Waals surface area contributed by atoms with E-state index in [1.165, 1.54) is 0 Å². The molecule has 1 aromatic rings. The Hall–Kier alpha value is -2.30. The van der Waals surface area contributed by atoms with E-state index in [0.29, 0.717) is 44.2 Å². The lowest BCUT2D eigenvalue weighted by atomic mass is 9.74. The maximum Gasteiger partial charge on any atom is 0.416 e. The first-order chi connectivity index (χ1) is 16.1. The Kier molecular flexibility index (Phi) is 7.79. The largest absolute Gasteiger partial charge is 0.481 e. The highest BCUT2D eigenvalue weighted by atomic mass is 19.4. The van der Waals surface area contributed by atoms with Gasteiger partial charge in [0, 0.05) is 18.6 Å². The quantitative estimate of drug-likeness (QED) is 0.433. The van der Waals surface area contributed by atoms with Gasteiger partial charge in [-0.15, -0.1) is 0 Å². The van der Waals surface area contributed by atoms with Crippen molar-refractivity contribution in [3.05, 3.63) is 34.9 Å². The second-order valence-electron chi connectivity index (χ2n) is 10.1. The summed E-state index contributed by atoms with van der Waals surface area (Å²) in [5.41, 5.74) is -3.94. The van der Waals surface area contributed by atoms with Gasteiger partial charge in [-0.3, -0.25) is 9.59 Å². The van der Waals surface area contributed by atoms with E-state index in [4.69, 9.17) is 0 Å². The Morgan fingerprint density at radius 3 is 2.09 bits per heavy atom. The number of hydrogen-bond donors (Lipinski definition) is 3. The SMILES string of the molecule is CC(C)[C@]1(C(=O)NCc2cc(C(F)(F)F)cc(C(F)(F)F)c2)CCC(NC2CCC(C(=O)O)C2)C1. The molecule has 0 radical (unpaired) electrons. The Bertz CT molecular complexity index is 914. The summed E-state index contributed by atoms with van der Waals surface area (Å²) < 4.78 is 78.8. The third kappa shape index (κ3) is 6.29. The molecule has 3 unspecified atom stereocenters. The fourth-order valence-corrected chi connectivity index (χ4v) is 5.38. The first-order valence-electron chi connectivity index (χ1n) is 11.7. The average Bonchev–Trinajstić information content (AvgIpc) is 3.39. The maximum atomic E-state index is 13.2. The van der Waals surface area contributed by atoms with Gasteiger partial charge >= 0.3 is 18.3 Å². The summed E-state index contributed by atoms with van der Waals surface area (Å²) in [4.78, 5) is 24.4. The van der Waals surface area contributed by atoms with Crippen molar-refractivity contribution in [2.24, 2.45) is 17.3 Å². The highest BCUT2D eigenvalue weighted by Gasteiger charge is 2.48. The highest BCUT2D eigenvalue weighted by molar-refractivity contribution is 5.83. The molecule has 2 fully saturated rings. The van der Waals surface area contributed by atoms with Crippen molar-refractivity contribution in [2.75, 3.05) is 0 Å². The average molecular weight is 509 g/mol. The number of rotatable bonds is 7. The molecule has 0 aromatic heterocycles. The van der Waals surface area contributed by atoms with E-state index in [9.17, 15) is 41.0 Å². The zero-order chi connectivity index (χ0) is 26.2. The van der Waals surface area contributed by atoms with E-state index in [1.807, 2.05) is 13.8 Å². The van der Waals surface area contributed by atoms with Crippen LogP contribution < -0.4 is 10.6 Å². The van der Waals surface area contributed by atoms with Gasteiger partial charge in [0.05, 0.1) is 22.5 Å². The van der Waals surface area contributed by atoms with Crippen molar-refractivity contribution in [1.29, 1.82) is 0 Å². The molecule has 5 nitrogen and oxygen atoms in total. The summed E-state index contributed by atoms with van der Waals surface area (Å²) in [6.45, 7) is 3.27. The van der Waals surface area contributed by atoms with Crippen LogP contribution in [0.1, 0.15) is 69.1 Å².